The van der Waals surface area contributed by atoms with Crippen LogP contribution in [-0.4, -0.2) is 10.8 Å². The molecular formula is C14H12F3NOS. The lowest BCUT2D eigenvalue weighted by Gasteiger charge is -2.08. The van der Waals surface area contributed by atoms with Crippen LogP contribution < -0.4 is 0 Å². The van der Waals surface area contributed by atoms with Crippen molar-refractivity contribution in [3.8, 4) is 0 Å². The molecule has 0 unspecified atom stereocenters. The Morgan fingerprint density at radius 3 is 2.65 bits per heavy atom. The number of Topliss-reactive ketones (excluding diaryl/α,β-unsaturated/α-hetero) is 1. The Morgan fingerprint density at radius 2 is 2.05 bits per heavy atom. The van der Waals surface area contributed by atoms with E-state index in [2.05, 4.69) is 4.98 Å². The summed E-state index contributed by atoms with van der Waals surface area (Å²) >= 11 is 1.38. The van der Waals surface area contributed by atoms with E-state index in [1.54, 1.807) is 0 Å². The van der Waals surface area contributed by atoms with Crippen LogP contribution in [0.5, 0.6) is 0 Å². The van der Waals surface area contributed by atoms with Gasteiger partial charge in [-0.15, -0.1) is 11.3 Å². The minimum atomic E-state index is -4.38. The second-order valence-corrected chi connectivity index (χ2v) is 5.42. The summed E-state index contributed by atoms with van der Waals surface area (Å²) in [6.07, 6.45) is -4.23. The average Bonchev–Trinajstić information content (AvgIpc) is 2.73. The van der Waals surface area contributed by atoms with Crippen molar-refractivity contribution in [2.75, 3.05) is 0 Å². The predicted octanol–water partition coefficient (Wildman–Crippen LogP) is 3.82. The van der Waals surface area contributed by atoms with Gasteiger partial charge >= 0.3 is 6.18 Å². The number of thiazole rings is 1. The molecule has 20 heavy (non-hydrogen) atoms. The largest absolute Gasteiger partial charge is 0.416 e. The summed E-state index contributed by atoms with van der Waals surface area (Å²) in [6.45, 7) is 1.83. The lowest BCUT2D eigenvalue weighted by molar-refractivity contribution is -0.137. The van der Waals surface area contributed by atoms with E-state index in [1.807, 2.05) is 12.3 Å². The number of carbonyl (C=O) groups excluding carboxylic acids is 1. The zero-order valence-electron chi connectivity index (χ0n) is 10.7. The van der Waals surface area contributed by atoms with Crippen LogP contribution in [-0.2, 0) is 23.8 Å². The number of hydrogen-bond donors (Lipinski definition) is 0. The SMILES string of the molecule is Cc1csc(CC(=O)Cc2cccc(C(F)(F)F)c2)n1. The summed E-state index contributed by atoms with van der Waals surface area (Å²) in [5, 5.41) is 2.53. The Hall–Kier alpha value is -1.69. The molecule has 0 radical (unpaired) electrons. The van der Waals surface area contributed by atoms with E-state index in [0.29, 0.717) is 10.6 Å². The second-order valence-electron chi connectivity index (χ2n) is 4.47. The van der Waals surface area contributed by atoms with Gasteiger partial charge in [0.15, 0.2) is 0 Å². The Labute approximate surface area is 118 Å². The molecule has 0 fully saturated rings. The lowest BCUT2D eigenvalue weighted by Crippen LogP contribution is -2.09. The van der Waals surface area contributed by atoms with Crippen LogP contribution in [0.3, 0.4) is 0 Å². The standard InChI is InChI=1S/C14H12F3NOS/c1-9-8-20-13(18-9)7-12(19)6-10-3-2-4-11(5-10)14(15,16)17/h2-5,8H,6-7H2,1H3. The van der Waals surface area contributed by atoms with Crippen LogP contribution in [0.4, 0.5) is 13.2 Å². The molecule has 0 saturated carbocycles. The third kappa shape index (κ3) is 3.90. The molecule has 1 aromatic heterocycles. The fourth-order valence-electron chi connectivity index (χ4n) is 1.80. The van der Waals surface area contributed by atoms with Crippen LogP contribution in [0.2, 0.25) is 0 Å². The van der Waals surface area contributed by atoms with Gasteiger partial charge in [-0.25, -0.2) is 4.98 Å². The minimum absolute atomic E-state index is 0.0114. The fraction of sp³-hybridized carbons (Fsp3) is 0.286. The number of benzene rings is 1. The van der Waals surface area contributed by atoms with Gasteiger partial charge in [0, 0.05) is 17.5 Å². The molecule has 0 spiro atoms. The third-order valence-corrected chi connectivity index (χ3v) is 3.64. The number of carbonyl (C=O) groups is 1. The fourth-order valence-corrected chi connectivity index (χ4v) is 2.60. The van der Waals surface area contributed by atoms with Crippen molar-refractivity contribution in [1.82, 2.24) is 4.98 Å². The molecule has 0 amide bonds. The van der Waals surface area contributed by atoms with Crippen LogP contribution in [0, 0.1) is 6.92 Å². The van der Waals surface area contributed by atoms with Crippen molar-refractivity contribution in [3.63, 3.8) is 0 Å². The molecule has 6 heteroatoms. The van der Waals surface area contributed by atoms with Crippen molar-refractivity contribution < 1.29 is 18.0 Å². The van der Waals surface area contributed by atoms with E-state index in [0.717, 1.165) is 17.8 Å². The van der Waals surface area contributed by atoms with E-state index in [9.17, 15) is 18.0 Å². The number of alkyl halides is 3. The lowest BCUT2D eigenvalue weighted by atomic mass is 10.0. The highest BCUT2D eigenvalue weighted by Gasteiger charge is 2.30. The van der Waals surface area contributed by atoms with Crippen molar-refractivity contribution >= 4 is 17.1 Å². The highest BCUT2D eigenvalue weighted by atomic mass is 32.1. The number of hydrogen-bond acceptors (Lipinski definition) is 3. The molecule has 0 saturated heterocycles. The van der Waals surface area contributed by atoms with Gasteiger partial charge in [-0.2, -0.15) is 13.2 Å². The number of nitrogens with zero attached hydrogens (tertiary/aromatic N) is 1. The molecule has 2 aromatic rings. The summed E-state index contributed by atoms with van der Waals surface area (Å²) in [6, 6.07) is 4.86. The smallest absolute Gasteiger partial charge is 0.299 e. The molecule has 1 aromatic carbocycles. The topological polar surface area (TPSA) is 30.0 Å². The van der Waals surface area contributed by atoms with Crippen LogP contribution in [0.15, 0.2) is 29.6 Å². The number of ketones is 1. The molecule has 0 atom stereocenters. The van der Waals surface area contributed by atoms with Gasteiger partial charge in [-0.05, 0) is 18.6 Å². The first kappa shape index (κ1) is 14.7. The summed E-state index contributed by atoms with van der Waals surface area (Å²) in [7, 11) is 0. The Kier molecular flexibility index (Phi) is 4.23. The molecule has 2 rings (SSSR count). The van der Waals surface area contributed by atoms with Gasteiger partial charge < -0.3 is 0 Å². The van der Waals surface area contributed by atoms with Gasteiger partial charge in [0.2, 0.25) is 0 Å². The molecular weight excluding hydrogens is 287 g/mol. The summed E-state index contributed by atoms with van der Waals surface area (Å²) < 4.78 is 37.7. The van der Waals surface area contributed by atoms with E-state index in [1.165, 1.54) is 23.5 Å². The first-order valence-corrected chi connectivity index (χ1v) is 6.81. The average molecular weight is 299 g/mol. The monoisotopic (exact) mass is 299 g/mol. The Balaban J connectivity index is 2.04. The van der Waals surface area contributed by atoms with Gasteiger partial charge in [-0.3, -0.25) is 4.79 Å². The quantitative estimate of drug-likeness (QED) is 0.859. The van der Waals surface area contributed by atoms with Crippen molar-refractivity contribution in [3.05, 3.63) is 51.5 Å². The van der Waals surface area contributed by atoms with E-state index >= 15 is 0 Å². The maximum absolute atomic E-state index is 12.6. The molecule has 0 N–H and O–H groups in total. The number of halogens is 3. The zero-order valence-corrected chi connectivity index (χ0v) is 11.5. The Bertz CT molecular complexity index is 619. The molecule has 2 nitrogen and oxygen atoms in total. The van der Waals surface area contributed by atoms with Gasteiger partial charge in [0.1, 0.15) is 10.8 Å². The molecule has 0 bridgehead atoms. The normalized spacial score (nSPS) is 11.6. The summed E-state index contributed by atoms with van der Waals surface area (Å²) in [4.78, 5) is 16.0. The molecule has 0 aliphatic carbocycles. The first-order chi connectivity index (χ1) is 9.34. The number of rotatable bonds is 4. The van der Waals surface area contributed by atoms with Crippen LogP contribution in [0.1, 0.15) is 21.8 Å². The number of aryl methyl sites for hydroxylation is 1. The van der Waals surface area contributed by atoms with Crippen molar-refractivity contribution in [2.45, 2.75) is 25.9 Å². The highest BCUT2D eigenvalue weighted by Crippen LogP contribution is 2.29. The van der Waals surface area contributed by atoms with Crippen molar-refractivity contribution in [1.29, 1.82) is 0 Å². The van der Waals surface area contributed by atoms with E-state index in [-0.39, 0.29) is 18.6 Å². The van der Waals surface area contributed by atoms with Gasteiger partial charge in [0.05, 0.1) is 12.0 Å². The summed E-state index contributed by atoms with van der Waals surface area (Å²) in [5.74, 6) is -0.140. The highest BCUT2D eigenvalue weighted by molar-refractivity contribution is 7.09. The molecule has 0 aliphatic rings. The second kappa shape index (κ2) is 5.75. The van der Waals surface area contributed by atoms with E-state index in [4.69, 9.17) is 0 Å². The predicted molar refractivity (Wildman–Crippen MR) is 70.7 cm³/mol. The maximum atomic E-state index is 12.6. The van der Waals surface area contributed by atoms with Gasteiger partial charge in [0.25, 0.3) is 0 Å². The first-order valence-electron chi connectivity index (χ1n) is 5.93. The zero-order chi connectivity index (χ0) is 14.8. The molecule has 1 heterocycles. The minimum Gasteiger partial charge on any atom is -0.299 e. The van der Waals surface area contributed by atoms with Gasteiger partial charge in [-0.1, -0.05) is 18.2 Å². The molecule has 0 aliphatic heterocycles. The van der Waals surface area contributed by atoms with E-state index < -0.39 is 11.7 Å². The van der Waals surface area contributed by atoms with Crippen LogP contribution in [0.25, 0.3) is 0 Å². The molecule has 106 valence electrons. The Morgan fingerprint density at radius 1 is 1.30 bits per heavy atom. The maximum Gasteiger partial charge on any atom is 0.416 e. The third-order valence-electron chi connectivity index (χ3n) is 2.67. The number of aromatic nitrogens is 1. The van der Waals surface area contributed by atoms with Crippen LogP contribution >= 0.6 is 11.3 Å². The van der Waals surface area contributed by atoms with Crippen molar-refractivity contribution in [2.24, 2.45) is 0 Å². The summed E-state index contributed by atoms with van der Waals surface area (Å²) in [5.41, 5.74) is 0.489.